The third kappa shape index (κ3) is 6.36. The number of aliphatic imine (C=N–C) groups is 1. The lowest BCUT2D eigenvalue weighted by Gasteiger charge is -2.25. The summed E-state index contributed by atoms with van der Waals surface area (Å²) in [6.45, 7) is 14.2. The average Bonchev–Trinajstić information content (AvgIpc) is 3.05. The Bertz CT molecular complexity index is 422. The zero-order chi connectivity index (χ0) is 16.4. The van der Waals surface area contributed by atoms with Crippen LogP contribution >= 0.6 is 11.3 Å². The van der Waals surface area contributed by atoms with Crippen LogP contribution in [0.25, 0.3) is 0 Å². The zero-order valence-corrected chi connectivity index (χ0v) is 15.6. The summed E-state index contributed by atoms with van der Waals surface area (Å²) in [7, 11) is 1.83. The summed E-state index contributed by atoms with van der Waals surface area (Å²) in [4.78, 5) is 8.16. The molecule has 5 heteroatoms. The van der Waals surface area contributed by atoms with Gasteiger partial charge in [-0.15, -0.1) is 11.3 Å². The monoisotopic (exact) mass is 324 g/mol. The molecule has 0 amide bonds. The molecule has 22 heavy (non-hydrogen) atoms. The quantitative estimate of drug-likeness (QED) is 0.417. The lowest BCUT2D eigenvalue weighted by molar-refractivity contribution is 0.300. The summed E-state index contributed by atoms with van der Waals surface area (Å²) in [6, 6.07) is 4.31. The first kappa shape index (κ1) is 19.0. The topological polar surface area (TPSA) is 39.7 Å². The SMILES string of the molecule is CCN(CC)CCCNC(=NC)NCC(C)(C)c1cccs1. The van der Waals surface area contributed by atoms with Crippen molar-refractivity contribution >= 4 is 17.3 Å². The molecular weight excluding hydrogens is 292 g/mol. The van der Waals surface area contributed by atoms with Crippen LogP contribution in [0.4, 0.5) is 0 Å². The van der Waals surface area contributed by atoms with Gasteiger partial charge in [0.1, 0.15) is 0 Å². The third-order valence-corrected chi connectivity index (χ3v) is 5.18. The number of hydrogen-bond acceptors (Lipinski definition) is 3. The Labute approximate surface area is 140 Å². The molecule has 0 saturated heterocycles. The minimum atomic E-state index is 0.118. The van der Waals surface area contributed by atoms with Crippen LogP contribution in [0.5, 0.6) is 0 Å². The molecule has 126 valence electrons. The summed E-state index contributed by atoms with van der Waals surface area (Å²) < 4.78 is 0. The second kappa shape index (κ2) is 9.85. The number of rotatable bonds is 9. The van der Waals surface area contributed by atoms with E-state index in [0.717, 1.165) is 45.1 Å². The van der Waals surface area contributed by atoms with Crippen molar-refractivity contribution < 1.29 is 0 Å². The van der Waals surface area contributed by atoms with Gasteiger partial charge in [-0.25, -0.2) is 0 Å². The number of hydrogen-bond donors (Lipinski definition) is 2. The Morgan fingerprint density at radius 3 is 2.55 bits per heavy atom. The van der Waals surface area contributed by atoms with Crippen molar-refractivity contribution in [2.24, 2.45) is 4.99 Å². The van der Waals surface area contributed by atoms with Crippen LogP contribution in [0, 0.1) is 0 Å². The van der Waals surface area contributed by atoms with Gasteiger partial charge in [0.05, 0.1) is 0 Å². The molecule has 0 bridgehead atoms. The summed E-state index contributed by atoms with van der Waals surface area (Å²) in [5.41, 5.74) is 0.118. The molecule has 0 aromatic carbocycles. The predicted molar refractivity (Wildman–Crippen MR) is 99.1 cm³/mol. The molecule has 2 N–H and O–H groups in total. The van der Waals surface area contributed by atoms with E-state index < -0.39 is 0 Å². The lowest BCUT2D eigenvalue weighted by Crippen LogP contribution is -2.43. The van der Waals surface area contributed by atoms with Crippen molar-refractivity contribution in [3.05, 3.63) is 22.4 Å². The first-order chi connectivity index (χ1) is 10.5. The Morgan fingerprint density at radius 1 is 1.27 bits per heavy atom. The number of nitrogens with zero attached hydrogens (tertiary/aromatic N) is 2. The molecule has 0 aliphatic carbocycles. The van der Waals surface area contributed by atoms with Crippen molar-refractivity contribution in [1.29, 1.82) is 0 Å². The van der Waals surface area contributed by atoms with E-state index >= 15 is 0 Å². The summed E-state index contributed by atoms with van der Waals surface area (Å²) in [5, 5.41) is 8.99. The molecule has 0 fully saturated rings. The molecule has 0 saturated carbocycles. The van der Waals surface area contributed by atoms with Crippen LogP contribution in [-0.2, 0) is 5.41 Å². The van der Waals surface area contributed by atoms with Gasteiger partial charge in [0, 0.05) is 30.4 Å². The molecular formula is C17H32N4S. The molecule has 1 aromatic heterocycles. The van der Waals surface area contributed by atoms with Crippen LogP contribution in [0.2, 0.25) is 0 Å². The van der Waals surface area contributed by atoms with Gasteiger partial charge in [-0.2, -0.15) is 0 Å². The Hall–Kier alpha value is -1.07. The molecule has 0 aliphatic heterocycles. The van der Waals surface area contributed by atoms with E-state index in [1.807, 2.05) is 18.4 Å². The maximum absolute atomic E-state index is 4.31. The number of guanidine groups is 1. The van der Waals surface area contributed by atoms with Crippen molar-refractivity contribution in [2.75, 3.05) is 39.8 Å². The lowest BCUT2D eigenvalue weighted by atomic mass is 9.91. The number of thiophene rings is 1. The second-order valence-electron chi connectivity index (χ2n) is 6.09. The van der Waals surface area contributed by atoms with Crippen molar-refractivity contribution in [3.8, 4) is 0 Å². The average molecular weight is 325 g/mol. The van der Waals surface area contributed by atoms with Gasteiger partial charge in [0.15, 0.2) is 5.96 Å². The highest BCUT2D eigenvalue weighted by Crippen LogP contribution is 2.26. The molecule has 1 rings (SSSR count). The van der Waals surface area contributed by atoms with Crippen molar-refractivity contribution in [3.63, 3.8) is 0 Å². The highest BCUT2D eigenvalue weighted by Gasteiger charge is 2.21. The highest BCUT2D eigenvalue weighted by atomic mass is 32.1. The minimum absolute atomic E-state index is 0.118. The van der Waals surface area contributed by atoms with E-state index in [1.54, 1.807) is 0 Å². The van der Waals surface area contributed by atoms with Gasteiger partial charge in [-0.1, -0.05) is 33.8 Å². The fraction of sp³-hybridized carbons (Fsp3) is 0.706. The molecule has 0 aliphatic rings. The van der Waals surface area contributed by atoms with Gasteiger partial charge in [-0.3, -0.25) is 4.99 Å². The highest BCUT2D eigenvalue weighted by molar-refractivity contribution is 7.10. The van der Waals surface area contributed by atoms with Gasteiger partial charge >= 0.3 is 0 Å². The minimum Gasteiger partial charge on any atom is -0.356 e. The third-order valence-electron chi connectivity index (χ3n) is 3.95. The fourth-order valence-corrected chi connectivity index (χ4v) is 3.18. The standard InChI is InChI=1S/C17H32N4S/c1-6-21(7-2)12-9-11-19-16(18-5)20-14-17(3,4)15-10-8-13-22-15/h8,10,13H,6-7,9,11-12,14H2,1-5H3,(H2,18,19,20). The molecule has 0 spiro atoms. The first-order valence-corrected chi connectivity index (χ1v) is 9.12. The molecule has 1 heterocycles. The summed E-state index contributed by atoms with van der Waals surface area (Å²) in [5.74, 6) is 0.893. The Kier molecular flexibility index (Phi) is 8.49. The van der Waals surface area contributed by atoms with Crippen molar-refractivity contribution in [2.45, 2.75) is 39.5 Å². The van der Waals surface area contributed by atoms with Crippen LogP contribution in [0.15, 0.2) is 22.5 Å². The normalized spacial score (nSPS) is 12.7. The van der Waals surface area contributed by atoms with Crippen LogP contribution in [-0.4, -0.2) is 50.6 Å². The maximum atomic E-state index is 4.31. The molecule has 4 nitrogen and oxygen atoms in total. The fourth-order valence-electron chi connectivity index (χ4n) is 2.33. The first-order valence-electron chi connectivity index (χ1n) is 8.24. The van der Waals surface area contributed by atoms with E-state index in [9.17, 15) is 0 Å². The summed E-state index contributed by atoms with van der Waals surface area (Å²) >= 11 is 1.81. The van der Waals surface area contributed by atoms with E-state index in [1.165, 1.54) is 4.88 Å². The molecule has 0 atom stereocenters. The number of nitrogens with one attached hydrogen (secondary N) is 2. The molecule has 1 aromatic rings. The predicted octanol–water partition coefficient (Wildman–Crippen LogP) is 2.92. The van der Waals surface area contributed by atoms with E-state index in [-0.39, 0.29) is 5.41 Å². The van der Waals surface area contributed by atoms with Crippen LogP contribution in [0.1, 0.15) is 39.0 Å². The van der Waals surface area contributed by atoms with E-state index in [2.05, 4.69) is 65.7 Å². The van der Waals surface area contributed by atoms with Gasteiger partial charge < -0.3 is 15.5 Å². The molecule has 0 radical (unpaired) electrons. The summed E-state index contributed by atoms with van der Waals surface area (Å²) in [6.07, 6.45) is 1.14. The maximum Gasteiger partial charge on any atom is 0.191 e. The van der Waals surface area contributed by atoms with Crippen LogP contribution < -0.4 is 10.6 Å². The van der Waals surface area contributed by atoms with E-state index in [0.29, 0.717) is 0 Å². The Balaban J connectivity index is 2.31. The van der Waals surface area contributed by atoms with Crippen LogP contribution in [0.3, 0.4) is 0 Å². The smallest absolute Gasteiger partial charge is 0.191 e. The van der Waals surface area contributed by atoms with Crippen molar-refractivity contribution in [1.82, 2.24) is 15.5 Å². The zero-order valence-electron chi connectivity index (χ0n) is 14.8. The van der Waals surface area contributed by atoms with E-state index in [4.69, 9.17) is 0 Å². The van der Waals surface area contributed by atoms with Gasteiger partial charge in [0.25, 0.3) is 0 Å². The molecule has 0 unspecified atom stereocenters. The second-order valence-corrected chi connectivity index (χ2v) is 7.04. The Morgan fingerprint density at radius 2 is 2.00 bits per heavy atom. The van der Waals surface area contributed by atoms with Gasteiger partial charge in [0.2, 0.25) is 0 Å². The largest absolute Gasteiger partial charge is 0.356 e. The van der Waals surface area contributed by atoms with Gasteiger partial charge in [-0.05, 0) is 37.5 Å².